The molecule has 0 bridgehead atoms. The first kappa shape index (κ1) is 17.3. The molecule has 0 saturated carbocycles. The van der Waals surface area contributed by atoms with Gasteiger partial charge in [0.2, 0.25) is 5.91 Å². The molecule has 122 valence electrons. The average Bonchev–Trinajstić information content (AvgIpc) is 2.49. The molecule has 0 aliphatic heterocycles. The monoisotopic (exact) mass is 341 g/mol. The number of halogens is 4. The summed E-state index contributed by atoms with van der Waals surface area (Å²) in [5, 5.41) is 2.06. The molecule has 2 aromatic carbocycles. The molecule has 0 spiro atoms. The standard InChI is InChI=1S/C17H15ClF3NO/c1-2-11-3-5-12(6-4-11)9-16(23)22-13-7-8-15(18)14(10-13)17(19,20)21/h3-8,10H,2,9H2,1H3,(H,22,23). The van der Waals surface area contributed by atoms with E-state index in [2.05, 4.69) is 5.32 Å². The topological polar surface area (TPSA) is 29.1 Å². The predicted octanol–water partition coefficient (Wildman–Crippen LogP) is 5.10. The van der Waals surface area contributed by atoms with Crippen LogP contribution < -0.4 is 5.32 Å². The van der Waals surface area contributed by atoms with E-state index < -0.39 is 16.8 Å². The Labute approximate surface area is 137 Å². The Morgan fingerprint density at radius 2 is 1.70 bits per heavy atom. The summed E-state index contributed by atoms with van der Waals surface area (Å²) in [5.74, 6) is -0.385. The second-order valence-corrected chi connectivity index (χ2v) is 5.49. The number of hydrogen-bond donors (Lipinski definition) is 1. The van der Waals surface area contributed by atoms with Crippen molar-refractivity contribution in [2.45, 2.75) is 25.9 Å². The molecule has 0 atom stereocenters. The Kier molecular flexibility index (Phi) is 5.31. The lowest BCUT2D eigenvalue weighted by Gasteiger charge is -2.12. The van der Waals surface area contributed by atoms with Crippen LogP contribution in [0.15, 0.2) is 42.5 Å². The summed E-state index contributed by atoms with van der Waals surface area (Å²) < 4.78 is 38.4. The van der Waals surface area contributed by atoms with Crippen LogP contribution in [0.2, 0.25) is 5.02 Å². The summed E-state index contributed by atoms with van der Waals surface area (Å²) in [6.45, 7) is 2.03. The van der Waals surface area contributed by atoms with Crippen molar-refractivity contribution in [2.24, 2.45) is 0 Å². The number of benzene rings is 2. The molecule has 0 radical (unpaired) electrons. The van der Waals surface area contributed by atoms with Crippen molar-refractivity contribution in [3.05, 3.63) is 64.2 Å². The number of nitrogens with one attached hydrogen (secondary N) is 1. The van der Waals surface area contributed by atoms with Gasteiger partial charge in [-0.2, -0.15) is 13.2 Å². The van der Waals surface area contributed by atoms with E-state index in [1.54, 1.807) is 0 Å². The fourth-order valence-electron chi connectivity index (χ4n) is 2.10. The Morgan fingerprint density at radius 1 is 1.09 bits per heavy atom. The first-order valence-electron chi connectivity index (χ1n) is 7.04. The molecular weight excluding hydrogens is 327 g/mol. The molecule has 0 fully saturated rings. The number of rotatable bonds is 4. The normalized spacial score (nSPS) is 11.3. The van der Waals surface area contributed by atoms with E-state index in [9.17, 15) is 18.0 Å². The summed E-state index contributed by atoms with van der Waals surface area (Å²) in [4.78, 5) is 12.0. The van der Waals surface area contributed by atoms with Gasteiger partial charge >= 0.3 is 6.18 Å². The number of alkyl halides is 3. The smallest absolute Gasteiger partial charge is 0.326 e. The third kappa shape index (κ3) is 4.73. The number of carbonyl (C=O) groups excluding carboxylic acids is 1. The lowest BCUT2D eigenvalue weighted by Crippen LogP contribution is -2.15. The highest BCUT2D eigenvalue weighted by Crippen LogP contribution is 2.36. The summed E-state index contributed by atoms with van der Waals surface area (Å²) in [6.07, 6.45) is -3.57. The maximum atomic E-state index is 12.8. The van der Waals surface area contributed by atoms with Crippen LogP contribution in [0.1, 0.15) is 23.6 Å². The van der Waals surface area contributed by atoms with Gasteiger partial charge in [0.25, 0.3) is 0 Å². The maximum Gasteiger partial charge on any atom is 0.417 e. The molecule has 2 aromatic rings. The molecule has 0 heterocycles. The molecule has 0 aromatic heterocycles. The Hall–Kier alpha value is -2.01. The van der Waals surface area contributed by atoms with Gasteiger partial charge < -0.3 is 5.32 Å². The first-order chi connectivity index (χ1) is 10.8. The molecule has 0 aliphatic carbocycles. The summed E-state index contributed by atoms with van der Waals surface area (Å²) in [5.41, 5.74) is 1.05. The predicted molar refractivity (Wildman–Crippen MR) is 84.6 cm³/mol. The van der Waals surface area contributed by atoms with Crippen LogP contribution in [0.3, 0.4) is 0 Å². The van der Waals surface area contributed by atoms with Gasteiger partial charge in [-0.05, 0) is 35.7 Å². The summed E-state index contributed by atoms with van der Waals surface area (Å²) in [6, 6.07) is 10.8. The molecule has 1 amide bonds. The quantitative estimate of drug-likeness (QED) is 0.823. The van der Waals surface area contributed by atoms with E-state index in [0.717, 1.165) is 29.7 Å². The Morgan fingerprint density at radius 3 is 2.26 bits per heavy atom. The van der Waals surface area contributed by atoms with Crippen molar-refractivity contribution in [3.8, 4) is 0 Å². The van der Waals surface area contributed by atoms with Gasteiger partial charge in [-0.1, -0.05) is 42.8 Å². The van der Waals surface area contributed by atoms with Crippen molar-refractivity contribution in [1.29, 1.82) is 0 Å². The van der Waals surface area contributed by atoms with Crippen LogP contribution in [0.25, 0.3) is 0 Å². The van der Waals surface area contributed by atoms with Gasteiger partial charge in [-0.3, -0.25) is 4.79 Å². The van der Waals surface area contributed by atoms with E-state index in [-0.39, 0.29) is 18.0 Å². The lowest BCUT2D eigenvalue weighted by molar-refractivity contribution is -0.137. The molecule has 1 N–H and O–H groups in total. The lowest BCUT2D eigenvalue weighted by atomic mass is 10.1. The first-order valence-corrected chi connectivity index (χ1v) is 7.42. The van der Waals surface area contributed by atoms with E-state index in [4.69, 9.17) is 11.6 Å². The fraction of sp³-hybridized carbons (Fsp3) is 0.235. The van der Waals surface area contributed by atoms with Crippen molar-refractivity contribution in [2.75, 3.05) is 5.32 Å². The van der Waals surface area contributed by atoms with Crippen LogP contribution in [0.4, 0.5) is 18.9 Å². The number of carbonyl (C=O) groups is 1. The Balaban J connectivity index is 2.08. The highest BCUT2D eigenvalue weighted by atomic mass is 35.5. The molecule has 0 aliphatic rings. The SMILES string of the molecule is CCc1ccc(CC(=O)Nc2ccc(Cl)c(C(F)(F)F)c2)cc1. The molecule has 0 saturated heterocycles. The third-order valence-corrected chi connectivity index (χ3v) is 3.68. The average molecular weight is 342 g/mol. The second-order valence-electron chi connectivity index (χ2n) is 5.09. The van der Waals surface area contributed by atoms with Crippen LogP contribution >= 0.6 is 11.6 Å². The maximum absolute atomic E-state index is 12.8. The highest BCUT2D eigenvalue weighted by molar-refractivity contribution is 6.31. The number of anilines is 1. The van der Waals surface area contributed by atoms with Gasteiger partial charge in [0, 0.05) is 5.69 Å². The molecule has 2 rings (SSSR count). The minimum absolute atomic E-state index is 0.0666. The van der Waals surface area contributed by atoms with Gasteiger partial charge in [0.1, 0.15) is 0 Å². The van der Waals surface area contributed by atoms with Crippen molar-refractivity contribution in [3.63, 3.8) is 0 Å². The van der Waals surface area contributed by atoms with Crippen molar-refractivity contribution in [1.82, 2.24) is 0 Å². The zero-order valence-electron chi connectivity index (χ0n) is 12.4. The summed E-state index contributed by atoms with van der Waals surface area (Å²) in [7, 11) is 0. The van der Waals surface area contributed by atoms with E-state index in [1.165, 1.54) is 6.07 Å². The van der Waals surface area contributed by atoms with Crippen LogP contribution in [0, 0.1) is 0 Å². The van der Waals surface area contributed by atoms with Gasteiger partial charge in [-0.15, -0.1) is 0 Å². The number of hydrogen-bond acceptors (Lipinski definition) is 1. The van der Waals surface area contributed by atoms with Crippen LogP contribution in [-0.2, 0) is 23.8 Å². The molecule has 6 heteroatoms. The minimum atomic E-state index is -4.56. The number of amides is 1. The Bertz CT molecular complexity index is 696. The van der Waals surface area contributed by atoms with Crippen molar-refractivity contribution < 1.29 is 18.0 Å². The van der Waals surface area contributed by atoms with Gasteiger partial charge in [-0.25, -0.2) is 0 Å². The number of aryl methyl sites for hydroxylation is 1. The van der Waals surface area contributed by atoms with Crippen LogP contribution in [-0.4, -0.2) is 5.91 Å². The van der Waals surface area contributed by atoms with Gasteiger partial charge in [0.05, 0.1) is 17.0 Å². The largest absolute Gasteiger partial charge is 0.417 e. The van der Waals surface area contributed by atoms with E-state index >= 15 is 0 Å². The molecule has 23 heavy (non-hydrogen) atoms. The van der Waals surface area contributed by atoms with Crippen LogP contribution in [0.5, 0.6) is 0 Å². The fourth-order valence-corrected chi connectivity index (χ4v) is 2.33. The second kappa shape index (κ2) is 7.04. The van der Waals surface area contributed by atoms with Crippen molar-refractivity contribution >= 4 is 23.2 Å². The highest BCUT2D eigenvalue weighted by Gasteiger charge is 2.33. The minimum Gasteiger partial charge on any atom is -0.326 e. The zero-order valence-corrected chi connectivity index (χ0v) is 13.1. The van der Waals surface area contributed by atoms with E-state index in [0.29, 0.717) is 0 Å². The summed E-state index contributed by atoms with van der Waals surface area (Å²) >= 11 is 5.54. The molecular formula is C17H15ClF3NO. The molecule has 2 nitrogen and oxygen atoms in total. The van der Waals surface area contributed by atoms with E-state index in [1.807, 2.05) is 31.2 Å². The zero-order chi connectivity index (χ0) is 17.0. The van der Waals surface area contributed by atoms with Gasteiger partial charge in [0.15, 0.2) is 0 Å². The molecule has 0 unspecified atom stereocenters. The third-order valence-electron chi connectivity index (χ3n) is 3.35.